The van der Waals surface area contributed by atoms with Crippen LogP contribution >= 0.6 is 0 Å². The van der Waals surface area contributed by atoms with Crippen LogP contribution in [0.3, 0.4) is 0 Å². The van der Waals surface area contributed by atoms with E-state index >= 15 is 0 Å². The van der Waals surface area contributed by atoms with Gasteiger partial charge in [0.25, 0.3) is 5.91 Å². The van der Waals surface area contributed by atoms with E-state index in [0.29, 0.717) is 0 Å². The average molecular weight is 381 g/mol. The molecule has 0 spiro atoms. The van der Waals surface area contributed by atoms with Crippen molar-refractivity contribution in [2.45, 2.75) is 4.90 Å². The molecule has 0 saturated heterocycles. The van der Waals surface area contributed by atoms with Gasteiger partial charge in [0.05, 0.1) is 17.7 Å². The van der Waals surface area contributed by atoms with E-state index in [-0.39, 0.29) is 11.4 Å². The summed E-state index contributed by atoms with van der Waals surface area (Å²) in [6, 6.07) is 21.7. The minimum absolute atomic E-state index is 0.143. The van der Waals surface area contributed by atoms with Gasteiger partial charge < -0.3 is 0 Å². The molecule has 0 saturated carbocycles. The lowest BCUT2D eigenvalue weighted by Crippen LogP contribution is -2.36. The number of sulfonamides is 1. The number of carbonyl (C=O) groups excluding carboxylic acids is 1. The summed E-state index contributed by atoms with van der Waals surface area (Å²) in [5.74, 6) is -0.519. The number of amides is 1. The molecule has 0 aliphatic carbocycles. The molecule has 1 N–H and O–H groups in total. The SMILES string of the molecule is CN(CC(=O)N/N=C/c1ccccc1)S(=O)(=O)c1ccc2ccccc2c1. The summed E-state index contributed by atoms with van der Waals surface area (Å²) in [5, 5.41) is 5.62. The number of hydrazone groups is 1. The van der Waals surface area contributed by atoms with Crippen LogP contribution in [0.4, 0.5) is 0 Å². The minimum Gasteiger partial charge on any atom is -0.272 e. The number of fused-ring (bicyclic) bond motifs is 1. The Kier molecular flexibility index (Phi) is 5.63. The first kappa shape index (κ1) is 18.8. The number of nitrogens with zero attached hydrogens (tertiary/aromatic N) is 2. The van der Waals surface area contributed by atoms with Gasteiger partial charge in [-0.1, -0.05) is 60.7 Å². The van der Waals surface area contributed by atoms with Gasteiger partial charge in [0.1, 0.15) is 0 Å². The Labute approximate surface area is 158 Å². The molecule has 0 aromatic heterocycles. The smallest absolute Gasteiger partial charge is 0.255 e. The van der Waals surface area contributed by atoms with E-state index in [1.165, 1.54) is 13.3 Å². The molecule has 6 nitrogen and oxygen atoms in total. The highest BCUT2D eigenvalue weighted by molar-refractivity contribution is 7.89. The maximum Gasteiger partial charge on any atom is 0.255 e. The van der Waals surface area contributed by atoms with E-state index in [1.807, 2.05) is 54.6 Å². The highest BCUT2D eigenvalue weighted by Crippen LogP contribution is 2.21. The molecule has 7 heteroatoms. The van der Waals surface area contributed by atoms with E-state index in [9.17, 15) is 13.2 Å². The fraction of sp³-hybridized carbons (Fsp3) is 0.100. The monoisotopic (exact) mass is 381 g/mol. The Morgan fingerprint density at radius 1 is 1.00 bits per heavy atom. The topological polar surface area (TPSA) is 78.8 Å². The van der Waals surface area contributed by atoms with Gasteiger partial charge in [0, 0.05) is 7.05 Å². The van der Waals surface area contributed by atoms with Crippen LogP contribution in [0, 0.1) is 0 Å². The number of hydrogen-bond acceptors (Lipinski definition) is 4. The van der Waals surface area contributed by atoms with Crippen LogP contribution in [-0.2, 0) is 14.8 Å². The molecule has 3 rings (SSSR count). The Morgan fingerprint density at radius 2 is 1.67 bits per heavy atom. The Balaban J connectivity index is 1.67. The maximum absolute atomic E-state index is 12.7. The Morgan fingerprint density at radius 3 is 2.41 bits per heavy atom. The lowest BCUT2D eigenvalue weighted by Gasteiger charge is -2.16. The molecule has 27 heavy (non-hydrogen) atoms. The zero-order valence-corrected chi connectivity index (χ0v) is 15.6. The summed E-state index contributed by atoms with van der Waals surface area (Å²) in [7, 11) is -2.42. The third-order valence-corrected chi connectivity index (χ3v) is 5.80. The largest absolute Gasteiger partial charge is 0.272 e. The Bertz CT molecular complexity index is 1080. The van der Waals surface area contributed by atoms with Crippen LogP contribution in [0.1, 0.15) is 5.56 Å². The molecule has 3 aromatic rings. The van der Waals surface area contributed by atoms with Crippen LogP contribution in [0.15, 0.2) is 82.8 Å². The normalized spacial score (nSPS) is 11.9. The van der Waals surface area contributed by atoms with Gasteiger partial charge in [-0.25, -0.2) is 13.8 Å². The van der Waals surface area contributed by atoms with Gasteiger partial charge in [-0.3, -0.25) is 4.79 Å². The average Bonchev–Trinajstić information content (AvgIpc) is 2.68. The fourth-order valence-electron chi connectivity index (χ4n) is 2.55. The van der Waals surface area contributed by atoms with Crippen molar-refractivity contribution in [3.05, 3.63) is 78.4 Å². The van der Waals surface area contributed by atoms with Gasteiger partial charge in [-0.2, -0.15) is 9.41 Å². The van der Waals surface area contributed by atoms with Crippen LogP contribution < -0.4 is 5.43 Å². The third-order valence-electron chi connectivity index (χ3n) is 4.00. The maximum atomic E-state index is 12.7. The summed E-state index contributed by atoms with van der Waals surface area (Å²) in [6.45, 7) is -0.332. The zero-order valence-electron chi connectivity index (χ0n) is 14.7. The summed E-state index contributed by atoms with van der Waals surface area (Å²) in [5.41, 5.74) is 3.17. The quantitative estimate of drug-likeness (QED) is 0.527. The highest BCUT2D eigenvalue weighted by Gasteiger charge is 2.23. The molecular weight excluding hydrogens is 362 g/mol. The molecule has 0 aliphatic heterocycles. The highest BCUT2D eigenvalue weighted by atomic mass is 32.2. The summed E-state index contributed by atoms with van der Waals surface area (Å²) < 4.78 is 26.4. The van der Waals surface area contributed by atoms with Crippen LogP contribution in [0.5, 0.6) is 0 Å². The summed E-state index contributed by atoms with van der Waals surface area (Å²) in [4.78, 5) is 12.1. The standard InChI is InChI=1S/C20H19N3O3S/c1-23(15-20(24)22-21-14-16-7-3-2-4-8-16)27(25,26)19-12-11-17-9-5-6-10-18(17)13-19/h2-14H,15H2,1H3,(H,22,24)/b21-14+. The van der Waals surface area contributed by atoms with Crippen molar-refractivity contribution in [2.24, 2.45) is 5.10 Å². The molecule has 1 amide bonds. The van der Waals surface area contributed by atoms with Gasteiger partial charge in [-0.05, 0) is 28.5 Å². The zero-order chi connectivity index (χ0) is 19.3. The number of rotatable bonds is 6. The second kappa shape index (κ2) is 8.11. The molecule has 138 valence electrons. The number of nitrogens with one attached hydrogen (secondary N) is 1. The first-order chi connectivity index (χ1) is 13.0. The van der Waals surface area contributed by atoms with Gasteiger partial charge in [0.15, 0.2) is 0 Å². The van der Waals surface area contributed by atoms with Crippen LogP contribution in [0.2, 0.25) is 0 Å². The molecular formula is C20H19N3O3S. The van der Waals surface area contributed by atoms with Gasteiger partial charge >= 0.3 is 0 Å². The third kappa shape index (κ3) is 4.58. The Hall–Kier alpha value is -3.03. The molecule has 0 aliphatic rings. The van der Waals surface area contributed by atoms with Crippen molar-refractivity contribution in [1.29, 1.82) is 0 Å². The fourth-order valence-corrected chi connectivity index (χ4v) is 3.71. The molecule has 0 atom stereocenters. The number of benzene rings is 3. The van der Waals surface area contributed by atoms with Crippen molar-refractivity contribution >= 4 is 32.9 Å². The predicted octanol–water partition coefficient (Wildman–Crippen LogP) is 2.61. The molecule has 0 heterocycles. The lowest BCUT2D eigenvalue weighted by molar-refractivity contribution is -0.121. The van der Waals surface area contributed by atoms with E-state index in [2.05, 4.69) is 10.5 Å². The van der Waals surface area contributed by atoms with Crippen molar-refractivity contribution in [3.8, 4) is 0 Å². The van der Waals surface area contributed by atoms with Crippen LogP contribution in [-0.4, -0.2) is 38.4 Å². The summed E-state index contributed by atoms with van der Waals surface area (Å²) in [6.07, 6.45) is 1.50. The number of likely N-dealkylation sites (N-methyl/N-ethyl adjacent to an activating group) is 1. The predicted molar refractivity (Wildman–Crippen MR) is 106 cm³/mol. The second-order valence-corrected chi connectivity index (χ2v) is 8.02. The first-order valence-electron chi connectivity index (χ1n) is 8.29. The van der Waals surface area contributed by atoms with E-state index in [1.54, 1.807) is 18.2 Å². The second-order valence-electron chi connectivity index (χ2n) is 5.97. The first-order valence-corrected chi connectivity index (χ1v) is 9.73. The van der Waals surface area contributed by atoms with Crippen LogP contribution in [0.25, 0.3) is 10.8 Å². The molecule has 0 unspecified atom stereocenters. The minimum atomic E-state index is -3.78. The molecule has 0 radical (unpaired) electrons. The molecule has 0 fully saturated rings. The molecule has 3 aromatic carbocycles. The lowest BCUT2D eigenvalue weighted by atomic mass is 10.1. The van der Waals surface area contributed by atoms with Crippen molar-refractivity contribution in [1.82, 2.24) is 9.73 Å². The van der Waals surface area contributed by atoms with Crippen molar-refractivity contribution in [3.63, 3.8) is 0 Å². The molecule has 0 bridgehead atoms. The van der Waals surface area contributed by atoms with E-state index in [0.717, 1.165) is 20.6 Å². The van der Waals surface area contributed by atoms with Crippen molar-refractivity contribution < 1.29 is 13.2 Å². The number of hydrogen-bond donors (Lipinski definition) is 1. The van der Waals surface area contributed by atoms with E-state index < -0.39 is 15.9 Å². The van der Waals surface area contributed by atoms with Gasteiger partial charge in [-0.15, -0.1) is 0 Å². The van der Waals surface area contributed by atoms with Gasteiger partial charge in [0.2, 0.25) is 10.0 Å². The van der Waals surface area contributed by atoms with E-state index in [4.69, 9.17) is 0 Å². The summed E-state index contributed by atoms with van der Waals surface area (Å²) >= 11 is 0. The van der Waals surface area contributed by atoms with Crippen molar-refractivity contribution in [2.75, 3.05) is 13.6 Å². The number of carbonyl (C=O) groups is 1.